The third-order valence-corrected chi connectivity index (χ3v) is 1.59. The van der Waals surface area contributed by atoms with Crippen LogP contribution in [0.25, 0.3) is 0 Å². The van der Waals surface area contributed by atoms with Crippen molar-refractivity contribution < 1.29 is 15.8 Å². The molecule has 5 nitrogen and oxygen atoms in total. The molecule has 6 heteroatoms. The minimum Gasteiger partial charge on any atom is -0.277 e. The molecule has 0 aromatic heterocycles. The van der Waals surface area contributed by atoms with Gasteiger partial charge in [0.2, 0.25) is 11.8 Å². The van der Waals surface area contributed by atoms with Gasteiger partial charge >= 0.3 is 6.03 Å². The Kier molecular flexibility index (Phi) is 3.44. The van der Waals surface area contributed by atoms with Crippen LogP contribution in [0.5, 0.6) is 0 Å². The first kappa shape index (κ1) is 11.6. The monoisotopic (exact) mass is 181 g/mol. The molecular formula is C6H10N2NaO3. The molecule has 1 rings (SSSR count). The fraction of sp³-hybridized carbons (Fsp3) is 0.500. The molecular weight excluding hydrogens is 171 g/mol. The molecule has 0 aliphatic carbocycles. The van der Waals surface area contributed by atoms with Gasteiger partial charge < -0.3 is 0 Å². The summed E-state index contributed by atoms with van der Waals surface area (Å²) in [5, 5.41) is 3.98. The predicted molar refractivity (Wildman–Crippen MR) is 43.3 cm³/mol. The molecule has 1 radical (unpaired) electrons. The van der Waals surface area contributed by atoms with Crippen LogP contribution in [0.3, 0.4) is 0 Å². The number of carbonyl (C=O) groups excluding carboxylic acids is 3. The maximum Gasteiger partial charge on any atom is 0.328 e. The SMILES string of the molecule is CC1(C)C(=O)NC(=O)NC1=O.[HH].[Na]. The van der Waals surface area contributed by atoms with Gasteiger partial charge in [0.25, 0.3) is 0 Å². The van der Waals surface area contributed by atoms with Crippen LogP contribution in [0.2, 0.25) is 0 Å². The molecule has 1 aliphatic heterocycles. The molecule has 4 amide bonds. The fourth-order valence-corrected chi connectivity index (χ4v) is 0.653. The van der Waals surface area contributed by atoms with Crippen molar-refractivity contribution in [1.29, 1.82) is 0 Å². The van der Waals surface area contributed by atoms with Crippen LogP contribution in [-0.4, -0.2) is 47.4 Å². The molecule has 0 unspecified atom stereocenters. The van der Waals surface area contributed by atoms with E-state index >= 15 is 0 Å². The van der Waals surface area contributed by atoms with Gasteiger partial charge in [-0.05, 0) is 13.8 Å². The van der Waals surface area contributed by atoms with E-state index in [1.54, 1.807) is 0 Å². The molecule has 0 spiro atoms. The summed E-state index contributed by atoms with van der Waals surface area (Å²) in [4.78, 5) is 32.4. The smallest absolute Gasteiger partial charge is 0.277 e. The van der Waals surface area contributed by atoms with Gasteiger partial charge in [0.15, 0.2) is 0 Å². The number of barbiturate groups is 1. The Balaban J connectivity index is 0. The molecule has 0 bridgehead atoms. The Hall–Kier alpha value is -0.390. The minimum absolute atomic E-state index is 0. The molecule has 1 heterocycles. The van der Waals surface area contributed by atoms with Crippen molar-refractivity contribution in [1.82, 2.24) is 10.6 Å². The number of nitrogens with one attached hydrogen (secondary N) is 2. The van der Waals surface area contributed by atoms with Crippen molar-refractivity contribution >= 4 is 47.4 Å². The summed E-state index contributed by atoms with van der Waals surface area (Å²) in [5.41, 5.74) is -1.14. The van der Waals surface area contributed by atoms with Crippen LogP contribution in [0, 0.1) is 5.41 Å². The summed E-state index contributed by atoms with van der Waals surface area (Å²) in [5.74, 6) is -1.13. The third-order valence-electron chi connectivity index (χ3n) is 1.59. The summed E-state index contributed by atoms with van der Waals surface area (Å²) in [6.07, 6.45) is 0. The second kappa shape index (κ2) is 3.55. The molecule has 1 saturated heterocycles. The summed E-state index contributed by atoms with van der Waals surface area (Å²) >= 11 is 0. The first-order valence-corrected chi connectivity index (χ1v) is 3.11. The summed E-state index contributed by atoms with van der Waals surface area (Å²) in [7, 11) is 0. The van der Waals surface area contributed by atoms with Crippen LogP contribution >= 0.6 is 0 Å². The number of hydrogen-bond acceptors (Lipinski definition) is 3. The summed E-state index contributed by atoms with van der Waals surface area (Å²) < 4.78 is 0. The maximum atomic E-state index is 10.9. The Labute approximate surface area is 93.0 Å². The molecule has 0 saturated carbocycles. The zero-order valence-corrected chi connectivity index (χ0v) is 9.22. The third kappa shape index (κ3) is 1.85. The zero-order chi connectivity index (χ0) is 8.65. The Bertz CT molecular complexity index is 232. The molecule has 1 fully saturated rings. The quantitative estimate of drug-likeness (QED) is 0.381. The van der Waals surface area contributed by atoms with Gasteiger partial charge in [-0.25, -0.2) is 4.79 Å². The van der Waals surface area contributed by atoms with Crippen molar-refractivity contribution in [2.24, 2.45) is 5.41 Å². The van der Waals surface area contributed by atoms with E-state index in [0.29, 0.717) is 0 Å². The van der Waals surface area contributed by atoms with E-state index in [1.807, 2.05) is 10.6 Å². The van der Waals surface area contributed by atoms with E-state index in [9.17, 15) is 14.4 Å². The number of carbonyl (C=O) groups is 3. The van der Waals surface area contributed by atoms with E-state index in [-0.39, 0.29) is 31.0 Å². The second-order valence-corrected chi connectivity index (χ2v) is 2.86. The average molecular weight is 181 g/mol. The zero-order valence-electron chi connectivity index (χ0n) is 7.22. The van der Waals surface area contributed by atoms with E-state index in [0.717, 1.165) is 0 Å². The molecule has 2 N–H and O–H groups in total. The van der Waals surface area contributed by atoms with Gasteiger partial charge in [0.05, 0.1) is 0 Å². The molecule has 0 aromatic rings. The van der Waals surface area contributed by atoms with Crippen LogP contribution in [-0.2, 0) is 9.59 Å². The van der Waals surface area contributed by atoms with Crippen LogP contribution in [0.1, 0.15) is 15.3 Å². The maximum absolute atomic E-state index is 10.9. The van der Waals surface area contributed by atoms with E-state index < -0.39 is 23.3 Å². The van der Waals surface area contributed by atoms with Crippen molar-refractivity contribution in [3.05, 3.63) is 0 Å². The molecule has 0 atom stereocenters. The fourth-order valence-electron chi connectivity index (χ4n) is 0.653. The largest absolute Gasteiger partial charge is 0.328 e. The van der Waals surface area contributed by atoms with Crippen LogP contribution in [0.4, 0.5) is 4.79 Å². The van der Waals surface area contributed by atoms with Crippen molar-refractivity contribution in [2.75, 3.05) is 0 Å². The first-order chi connectivity index (χ1) is 4.94. The molecule has 0 aromatic carbocycles. The van der Waals surface area contributed by atoms with Gasteiger partial charge in [-0.2, -0.15) is 0 Å². The topological polar surface area (TPSA) is 75.3 Å². The van der Waals surface area contributed by atoms with Gasteiger partial charge in [0, 0.05) is 31.0 Å². The van der Waals surface area contributed by atoms with Crippen molar-refractivity contribution in [3.8, 4) is 0 Å². The Morgan fingerprint density at radius 1 is 1.08 bits per heavy atom. The van der Waals surface area contributed by atoms with Gasteiger partial charge in [-0.3, -0.25) is 20.2 Å². The van der Waals surface area contributed by atoms with Crippen LogP contribution < -0.4 is 10.6 Å². The number of amides is 4. The standard InChI is InChI=1S/C6H8N2O3.Na.H2/c1-6(2)3(9)7-5(11)8-4(6)10;;/h1-2H3,(H2,7,8,9,10,11);;1H. The molecule has 12 heavy (non-hydrogen) atoms. The summed E-state index contributed by atoms with van der Waals surface area (Å²) in [6.45, 7) is 2.90. The molecule has 63 valence electrons. The molecule has 1 aliphatic rings. The van der Waals surface area contributed by atoms with Crippen LogP contribution in [0.15, 0.2) is 0 Å². The Morgan fingerprint density at radius 3 is 1.75 bits per heavy atom. The number of urea groups is 1. The predicted octanol–water partition coefficient (Wildman–Crippen LogP) is -0.756. The normalized spacial score (nSPS) is 20.7. The van der Waals surface area contributed by atoms with Crippen molar-refractivity contribution in [3.63, 3.8) is 0 Å². The van der Waals surface area contributed by atoms with Gasteiger partial charge in [-0.1, -0.05) is 0 Å². The number of imide groups is 2. The summed E-state index contributed by atoms with van der Waals surface area (Å²) in [6, 6.07) is -0.751. The van der Waals surface area contributed by atoms with E-state index in [4.69, 9.17) is 0 Å². The van der Waals surface area contributed by atoms with E-state index in [1.165, 1.54) is 13.8 Å². The van der Waals surface area contributed by atoms with E-state index in [2.05, 4.69) is 0 Å². The average Bonchev–Trinajstić information content (AvgIpc) is 1.84. The van der Waals surface area contributed by atoms with Gasteiger partial charge in [0.1, 0.15) is 5.41 Å². The number of hydrogen-bond donors (Lipinski definition) is 2. The van der Waals surface area contributed by atoms with Gasteiger partial charge in [-0.15, -0.1) is 0 Å². The Morgan fingerprint density at radius 2 is 1.42 bits per heavy atom. The minimum atomic E-state index is -1.14. The first-order valence-electron chi connectivity index (χ1n) is 3.11. The number of rotatable bonds is 0. The van der Waals surface area contributed by atoms with Crippen molar-refractivity contribution in [2.45, 2.75) is 13.8 Å². The second-order valence-electron chi connectivity index (χ2n) is 2.86.